The number of fused-ring (bicyclic) bond motifs is 2. The quantitative estimate of drug-likeness (QED) is 0.836. The zero-order chi connectivity index (χ0) is 18.7. The largest absolute Gasteiger partial charge is 0.496 e. The Morgan fingerprint density at radius 2 is 2.19 bits per heavy atom. The highest BCUT2D eigenvalue weighted by Crippen LogP contribution is 2.40. The summed E-state index contributed by atoms with van der Waals surface area (Å²) in [7, 11) is 1.64. The highest BCUT2D eigenvalue weighted by atomic mass is 16.5. The van der Waals surface area contributed by atoms with Gasteiger partial charge in [-0.15, -0.1) is 0 Å². The normalized spacial score (nSPS) is 18.9. The number of methoxy groups -OCH3 is 1. The molecule has 2 aliphatic rings. The fourth-order valence-electron chi connectivity index (χ4n) is 4.09. The zero-order valence-corrected chi connectivity index (χ0v) is 15.7. The molecule has 27 heavy (non-hydrogen) atoms. The predicted molar refractivity (Wildman–Crippen MR) is 100 cm³/mol. The molecule has 1 fully saturated rings. The predicted octanol–water partition coefficient (Wildman–Crippen LogP) is 1.60. The van der Waals surface area contributed by atoms with Crippen molar-refractivity contribution >= 4 is 5.91 Å². The molecule has 0 saturated carbocycles. The van der Waals surface area contributed by atoms with E-state index in [1.807, 2.05) is 30.5 Å². The SMILES string of the molecule is COc1ccccc1CNC(=O)CN1CCC2(CC1)OCCc1cn[nH]c12. The summed E-state index contributed by atoms with van der Waals surface area (Å²) < 4.78 is 11.5. The number of rotatable bonds is 5. The van der Waals surface area contributed by atoms with Gasteiger partial charge in [-0.1, -0.05) is 18.2 Å². The van der Waals surface area contributed by atoms with Crippen molar-refractivity contribution in [3.8, 4) is 5.75 Å². The van der Waals surface area contributed by atoms with Crippen molar-refractivity contribution in [3.05, 3.63) is 47.3 Å². The summed E-state index contributed by atoms with van der Waals surface area (Å²) in [5.74, 6) is 0.825. The molecule has 1 spiro atoms. The molecule has 2 aliphatic heterocycles. The molecule has 2 aromatic rings. The number of H-pyrrole nitrogens is 1. The number of nitrogens with one attached hydrogen (secondary N) is 2. The summed E-state index contributed by atoms with van der Waals surface area (Å²) in [6.07, 6.45) is 4.59. The van der Waals surface area contributed by atoms with E-state index in [1.54, 1.807) is 7.11 Å². The minimum absolute atomic E-state index is 0.0312. The number of carbonyl (C=O) groups excluding carboxylic acids is 1. The molecule has 0 radical (unpaired) electrons. The number of amides is 1. The number of hydrogen-bond acceptors (Lipinski definition) is 5. The van der Waals surface area contributed by atoms with Crippen LogP contribution in [0.15, 0.2) is 30.5 Å². The van der Waals surface area contributed by atoms with Gasteiger partial charge in [0.05, 0.1) is 32.2 Å². The molecule has 2 N–H and O–H groups in total. The van der Waals surface area contributed by atoms with E-state index >= 15 is 0 Å². The topological polar surface area (TPSA) is 79.5 Å². The van der Waals surface area contributed by atoms with Gasteiger partial charge >= 0.3 is 0 Å². The summed E-state index contributed by atoms with van der Waals surface area (Å²) in [4.78, 5) is 14.6. The van der Waals surface area contributed by atoms with E-state index in [9.17, 15) is 4.79 Å². The van der Waals surface area contributed by atoms with Crippen molar-refractivity contribution in [2.75, 3.05) is 33.4 Å². The Balaban J connectivity index is 1.29. The number of benzene rings is 1. The number of likely N-dealkylation sites (tertiary alicyclic amines) is 1. The Labute approximate surface area is 159 Å². The van der Waals surface area contributed by atoms with E-state index in [-0.39, 0.29) is 11.5 Å². The average molecular weight is 370 g/mol. The highest BCUT2D eigenvalue weighted by molar-refractivity contribution is 5.78. The summed E-state index contributed by atoms with van der Waals surface area (Å²) in [5, 5.41) is 10.3. The second kappa shape index (κ2) is 7.70. The van der Waals surface area contributed by atoms with Crippen LogP contribution in [0.2, 0.25) is 0 Å². The second-order valence-corrected chi connectivity index (χ2v) is 7.23. The Morgan fingerprint density at radius 1 is 1.37 bits per heavy atom. The number of ether oxygens (including phenoxy) is 2. The highest BCUT2D eigenvalue weighted by Gasteiger charge is 2.42. The van der Waals surface area contributed by atoms with E-state index < -0.39 is 0 Å². The molecule has 0 bridgehead atoms. The Morgan fingerprint density at radius 3 is 3.00 bits per heavy atom. The molecule has 144 valence electrons. The minimum atomic E-state index is -0.255. The molecule has 7 nitrogen and oxygen atoms in total. The van der Waals surface area contributed by atoms with Crippen LogP contribution in [0.1, 0.15) is 29.7 Å². The summed E-state index contributed by atoms with van der Waals surface area (Å²) in [6.45, 7) is 3.29. The Kier molecular flexibility index (Phi) is 5.13. The van der Waals surface area contributed by atoms with Crippen LogP contribution in [0.5, 0.6) is 5.75 Å². The molecule has 3 heterocycles. The number of aromatic amines is 1. The van der Waals surface area contributed by atoms with Gasteiger partial charge in [-0.05, 0) is 30.9 Å². The molecule has 0 unspecified atom stereocenters. The number of hydrogen-bond donors (Lipinski definition) is 2. The number of carbonyl (C=O) groups is 1. The third-order valence-electron chi connectivity index (χ3n) is 5.62. The lowest BCUT2D eigenvalue weighted by atomic mass is 9.84. The van der Waals surface area contributed by atoms with Crippen LogP contribution >= 0.6 is 0 Å². The smallest absolute Gasteiger partial charge is 0.234 e. The molecule has 4 rings (SSSR count). The van der Waals surface area contributed by atoms with Gasteiger partial charge in [-0.3, -0.25) is 14.8 Å². The summed E-state index contributed by atoms with van der Waals surface area (Å²) in [6, 6.07) is 7.74. The van der Waals surface area contributed by atoms with Gasteiger partial charge in [0.1, 0.15) is 11.4 Å². The standard InChI is InChI=1S/C20H26N4O3/c1-26-17-5-3-2-4-15(17)12-21-18(25)14-24-9-7-20(8-10-24)19-16(6-11-27-20)13-22-23-19/h2-5,13H,6-12,14H2,1H3,(H,21,25)(H,22,23). The summed E-state index contributed by atoms with van der Waals surface area (Å²) in [5.41, 5.74) is 3.13. The van der Waals surface area contributed by atoms with Crippen LogP contribution in [0.25, 0.3) is 0 Å². The monoisotopic (exact) mass is 370 g/mol. The van der Waals surface area contributed by atoms with Crippen LogP contribution in [-0.2, 0) is 28.1 Å². The zero-order valence-electron chi connectivity index (χ0n) is 15.7. The number of nitrogens with zero attached hydrogens (tertiary/aromatic N) is 2. The van der Waals surface area contributed by atoms with Crippen LogP contribution < -0.4 is 10.1 Å². The van der Waals surface area contributed by atoms with Gasteiger partial charge in [0, 0.05) is 25.2 Å². The van der Waals surface area contributed by atoms with Crippen LogP contribution in [0.4, 0.5) is 0 Å². The third-order valence-corrected chi connectivity index (χ3v) is 5.62. The fourth-order valence-corrected chi connectivity index (χ4v) is 4.09. The number of aromatic nitrogens is 2. The fraction of sp³-hybridized carbons (Fsp3) is 0.500. The molecule has 1 amide bonds. The summed E-state index contributed by atoms with van der Waals surface area (Å²) >= 11 is 0. The Bertz CT molecular complexity index is 796. The lowest BCUT2D eigenvalue weighted by Crippen LogP contribution is -2.49. The first kappa shape index (κ1) is 18.0. The van der Waals surface area contributed by atoms with Crippen LogP contribution in [-0.4, -0.2) is 54.4 Å². The minimum Gasteiger partial charge on any atom is -0.496 e. The van der Waals surface area contributed by atoms with E-state index in [0.29, 0.717) is 13.1 Å². The van der Waals surface area contributed by atoms with E-state index in [1.165, 1.54) is 5.56 Å². The van der Waals surface area contributed by atoms with Crippen molar-refractivity contribution in [2.24, 2.45) is 0 Å². The second-order valence-electron chi connectivity index (χ2n) is 7.23. The molecule has 1 aromatic carbocycles. The van der Waals surface area contributed by atoms with Crippen molar-refractivity contribution in [1.29, 1.82) is 0 Å². The van der Waals surface area contributed by atoms with E-state index in [0.717, 1.165) is 56.0 Å². The third kappa shape index (κ3) is 3.70. The Hall–Kier alpha value is -2.38. The lowest BCUT2D eigenvalue weighted by molar-refractivity contribution is -0.126. The first-order chi connectivity index (χ1) is 13.2. The first-order valence-electron chi connectivity index (χ1n) is 9.48. The maximum Gasteiger partial charge on any atom is 0.234 e. The van der Waals surface area contributed by atoms with Gasteiger partial charge in [0.25, 0.3) is 0 Å². The average Bonchev–Trinajstić information content (AvgIpc) is 3.19. The van der Waals surface area contributed by atoms with Gasteiger partial charge in [-0.25, -0.2) is 0 Å². The molecule has 7 heteroatoms. The van der Waals surface area contributed by atoms with Gasteiger partial charge in [0.15, 0.2) is 0 Å². The van der Waals surface area contributed by atoms with Crippen LogP contribution in [0.3, 0.4) is 0 Å². The van der Waals surface area contributed by atoms with Crippen molar-refractivity contribution < 1.29 is 14.3 Å². The number of para-hydroxylation sites is 1. The maximum absolute atomic E-state index is 12.4. The van der Waals surface area contributed by atoms with Crippen molar-refractivity contribution in [3.63, 3.8) is 0 Å². The van der Waals surface area contributed by atoms with Crippen molar-refractivity contribution in [1.82, 2.24) is 20.4 Å². The van der Waals surface area contributed by atoms with E-state index in [4.69, 9.17) is 9.47 Å². The molecule has 1 aromatic heterocycles. The maximum atomic E-state index is 12.4. The van der Waals surface area contributed by atoms with Crippen molar-refractivity contribution in [2.45, 2.75) is 31.4 Å². The van der Waals surface area contributed by atoms with Crippen LogP contribution in [0, 0.1) is 0 Å². The lowest BCUT2D eigenvalue weighted by Gasteiger charge is -2.43. The van der Waals surface area contributed by atoms with Gasteiger partial charge in [-0.2, -0.15) is 5.10 Å². The van der Waals surface area contributed by atoms with E-state index in [2.05, 4.69) is 20.4 Å². The number of piperidine rings is 1. The first-order valence-corrected chi connectivity index (χ1v) is 9.48. The molecule has 0 atom stereocenters. The van der Waals surface area contributed by atoms with Gasteiger partial charge in [0.2, 0.25) is 5.91 Å². The molecule has 1 saturated heterocycles. The molecular weight excluding hydrogens is 344 g/mol. The molecular formula is C20H26N4O3. The van der Waals surface area contributed by atoms with Gasteiger partial charge < -0.3 is 14.8 Å². The molecule has 0 aliphatic carbocycles.